The fraction of sp³-hybridized carbons (Fsp3) is 0.759. The summed E-state index contributed by atoms with van der Waals surface area (Å²) in [5.74, 6) is 1.78. The lowest BCUT2D eigenvalue weighted by Gasteiger charge is -2.62. The zero-order valence-electron chi connectivity index (χ0n) is 22.2. The minimum Gasteiger partial charge on any atom is -0.390 e. The molecule has 2 aromatic rings. The average Bonchev–Trinajstić information content (AvgIpc) is 3.42. The third-order valence-corrected chi connectivity index (χ3v) is 12.2. The molecule has 0 radical (unpaired) electrons. The van der Waals surface area contributed by atoms with Crippen LogP contribution < -0.4 is 0 Å². The molecule has 37 heavy (non-hydrogen) atoms. The van der Waals surface area contributed by atoms with Crippen LogP contribution in [0.25, 0.3) is 11.0 Å². The van der Waals surface area contributed by atoms with Crippen molar-refractivity contribution in [3.05, 3.63) is 23.8 Å². The second kappa shape index (κ2) is 9.00. The number of rotatable bonds is 5. The standard InChI is InChI=1S/C29H39F2N3O2S/c1-27(36)12-13-29(16-37-3)17(14-27)4-5-18-19-6-7-21(28(19,2)11-10-20(18)29)24(35)15-34-23-9-8-22(30)25(31)26(23)32-33-34/h8-9,17-21,36H,4-7,10-16H2,1-3H3/t17-,18?,19+,20+,21-,27-,28+,29-/m1/s1. The molecule has 1 aromatic carbocycles. The van der Waals surface area contributed by atoms with Gasteiger partial charge >= 0.3 is 0 Å². The van der Waals surface area contributed by atoms with Gasteiger partial charge in [0.25, 0.3) is 0 Å². The number of nitrogens with zero attached hydrogens (tertiary/aromatic N) is 3. The highest BCUT2D eigenvalue weighted by atomic mass is 32.2. The average molecular weight is 532 g/mol. The van der Waals surface area contributed by atoms with Gasteiger partial charge in [-0.1, -0.05) is 12.1 Å². The molecule has 4 fully saturated rings. The van der Waals surface area contributed by atoms with Crippen molar-refractivity contribution in [3.8, 4) is 0 Å². The number of hydrogen-bond acceptors (Lipinski definition) is 5. The van der Waals surface area contributed by atoms with E-state index in [4.69, 9.17) is 0 Å². The molecule has 8 atom stereocenters. The summed E-state index contributed by atoms with van der Waals surface area (Å²) in [4.78, 5) is 13.7. The summed E-state index contributed by atoms with van der Waals surface area (Å²) >= 11 is 1.97. The van der Waals surface area contributed by atoms with Crippen LogP contribution in [0, 0.1) is 52.1 Å². The predicted octanol–water partition coefficient (Wildman–Crippen LogP) is 6.03. The van der Waals surface area contributed by atoms with E-state index in [1.54, 1.807) is 0 Å². The molecule has 4 aliphatic carbocycles. The van der Waals surface area contributed by atoms with Crippen molar-refractivity contribution in [1.29, 1.82) is 0 Å². The fourth-order valence-electron chi connectivity index (χ4n) is 9.67. The molecule has 4 saturated carbocycles. The first-order chi connectivity index (χ1) is 17.6. The second-order valence-electron chi connectivity index (χ2n) is 13.1. The summed E-state index contributed by atoms with van der Waals surface area (Å²) in [6.45, 7) is 4.42. The van der Waals surface area contributed by atoms with Gasteiger partial charge < -0.3 is 5.11 Å². The van der Waals surface area contributed by atoms with Crippen molar-refractivity contribution in [3.63, 3.8) is 0 Å². The Hall–Kier alpha value is -1.54. The molecule has 202 valence electrons. The van der Waals surface area contributed by atoms with E-state index in [9.17, 15) is 18.7 Å². The number of aromatic nitrogens is 3. The van der Waals surface area contributed by atoms with Crippen LogP contribution in [-0.2, 0) is 11.3 Å². The lowest BCUT2D eigenvalue weighted by Crippen LogP contribution is -2.58. The Labute approximate surface area is 222 Å². The molecule has 1 unspecified atom stereocenters. The van der Waals surface area contributed by atoms with Crippen molar-refractivity contribution in [2.75, 3.05) is 12.0 Å². The zero-order chi connectivity index (χ0) is 26.2. The van der Waals surface area contributed by atoms with Crippen molar-refractivity contribution in [2.24, 2.45) is 40.4 Å². The Kier molecular flexibility index (Phi) is 6.26. The molecule has 4 aliphatic rings. The lowest BCUT2D eigenvalue weighted by atomic mass is 9.44. The first kappa shape index (κ1) is 25.7. The SMILES string of the molecule is CSC[C@]12CC[C@@](C)(O)C[C@H]1CCC1[C@@H]3CC[C@H](C(=O)Cn4nnc5c(F)c(F)ccc54)[C@@]3(C)CC[C@@H]12. The monoisotopic (exact) mass is 531 g/mol. The van der Waals surface area contributed by atoms with Crippen molar-refractivity contribution in [1.82, 2.24) is 15.0 Å². The van der Waals surface area contributed by atoms with E-state index in [-0.39, 0.29) is 29.2 Å². The van der Waals surface area contributed by atoms with Gasteiger partial charge in [0, 0.05) is 5.92 Å². The molecule has 1 heterocycles. The van der Waals surface area contributed by atoms with Crippen molar-refractivity contribution >= 4 is 28.6 Å². The van der Waals surface area contributed by atoms with Gasteiger partial charge in [-0.15, -0.1) is 5.10 Å². The Balaban J connectivity index is 1.24. The normalized spacial score (nSPS) is 41.3. The summed E-state index contributed by atoms with van der Waals surface area (Å²) in [5.41, 5.74) is -0.00692. The summed E-state index contributed by atoms with van der Waals surface area (Å²) in [6.07, 6.45) is 11.8. The van der Waals surface area contributed by atoms with Crippen LogP contribution in [-0.4, -0.2) is 43.5 Å². The molecule has 0 saturated heterocycles. The highest BCUT2D eigenvalue weighted by Gasteiger charge is 2.62. The van der Waals surface area contributed by atoms with Gasteiger partial charge in [0.05, 0.1) is 11.1 Å². The molecular formula is C29H39F2N3O2S. The summed E-state index contributed by atoms with van der Waals surface area (Å²) in [5, 5.41) is 18.7. The summed E-state index contributed by atoms with van der Waals surface area (Å²) in [7, 11) is 0. The van der Waals surface area contributed by atoms with E-state index in [1.807, 2.05) is 18.7 Å². The Morgan fingerprint density at radius 1 is 1.11 bits per heavy atom. The van der Waals surface area contributed by atoms with E-state index in [2.05, 4.69) is 23.5 Å². The number of halogens is 2. The van der Waals surface area contributed by atoms with Gasteiger partial charge in [0.2, 0.25) is 0 Å². The molecular weight excluding hydrogens is 492 g/mol. The molecule has 1 N–H and O–H groups in total. The fourth-order valence-corrected chi connectivity index (χ4v) is 10.8. The molecule has 0 amide bonds. The van der Waals surface area contributed by atoms with Crippen LogP contribution in [0.3, 0.4) is 0 Å². The van der Waals surface area contributed by atoms with Crippen LogP contribution in [0.5, 0.6) is 0 Å². The highest BCUT2D eigenvalue weighted by molar-refractivity contribution is 7.98. The topological polar surface area (TPSA) is 68.0 Å². The summed E-state index contributed by atoms with van der Waals surface area (Å²) in [6, 6.07) is 2.53. The van der Waals surface area contributed by atoms with Crippen LogP contribution >= 0.6 is 11.8 Å². The highest BCUT2D eigenvalue weighted by Crippen LogP contribution is 2.68. The maximum atomic E-state index is 14.1. The van der Waals surface area contributed by atoms with Crippen LogP contribution in [0.2, 0.25) is 0 Å². The maximum absolute atomic E-state index is 14.1. The van der Waals surface area contributed by atoms with Gasteiger partial charge in [-0.2, -0.15) is 11.8 Å². The van der Waals surface area contributed by atoms with Crippen LogP contribution in [0.4, 0.5) is 8.78 Å². The van der Waals surface area contributed by atoms with Gasteiger partial charge in [-0.25, -0.2) is 13.5 Å². The first-order valence-corrected chi connectivity index (χ1v) is 15.4. The Morgan fingerprint density at radius 3 is 2.70 bits per heavy atom. The number of hydrogen-bond donors (Lipinski definition) is 1. The van der Waals surface area contributed by atoms with Crippen LogP contribution in [0.1, 0.15) is 71.6 Å². The quantitative estimate of drug-likeness (QED) is 0.510. The molecule has 6 rings (SSSR count). The largest absolute Gasteiger partial charge is 0.390 e. The number of carbonyl (C=O) groups excluding carboxylic acids is 1. The third kappa shape index (κ3) is 3.90. The second-order valence-corrected chi connectivity index (χ2v) is 14.0. The number of carbonyl (C=O) groups is 1. The van der Waals surface area contributed by atoms with Gasteiger partial charge in [0.15, 0.2) is 22.9 Å². The van der Waals surface area contributed by atoms with Crippen molar-refractivity contribution < 1.29 is 18.7 Å². The summed E-state index contributed by atoms with van der Waals surface area (Å²) < 4.78 is 29.2. The number of fused-ring (bicyclic) bond motifs is 6. The number of thioether (sulfide) groups is 1. The smallest absolute Gasteiger partial charge is 0.188 e. The molecule has 0 spiro atoms. The lowest BCUT2D eigenvalue weighted by molar-refractivity contribution is -0.149. The van der Waals surface area contributed by atoms with E-state index in [0.29, 0.717) is 34.6 Å². The number of ketones is 1. The zero-order valence-corrected chi connectivity index (χ0v) is 23.0. The van der Waals surface area contributed by atoms with E-state index in [1.165, 1.54) is 29.3 Å². The van der Waals surface area contributed by atoms with Crippen LogP contribution in [0.15, 0.2) is 12.1 Å². The minimum atomic E-state index is -1.01. The Morgan fingerprint density at radius 2 is 1.92 bits per heavy atom. The van der Waals surface area contributed by atoms with E-state index < -0.39 is 17.2 Å². The van der Waals surface area contributed by atoms with Gasteiger partial charge in [-0.05, 0) is 123 Å². The number of aliphatic hydroxyl groups is 1. The third-order valence-electron chi connectivity index (χ3n) is 11.3. The molecule has 8 heteroatoms. The van der Waals surface area contributed by atoms with E-state index >= 15 is 0 Å². The molecule has 0 aliphatic heterocycles. The first-order valence-electron chi connectivity index (χ1n) is 14.0. The van der Waals surface area contributed by atoms with Crippen molar-refractivity contribution in [2.45, 2.75) is 83.8 Å². The number of Topliss-reactive ketones (excluding diaryl/α,β-unsaturated/α-hetero) is 1. The van der Waals surface area contributed by atoms with Gasteiger partial charge in [-0.3, -0.25) is 4.79 Å². The predicted molar refractivity (Wildman–Crippen MR) is 141 cm³/mol. The molecule has 5 nitrogen and oxygen atoms in total. The van der Waals surface area contributed by atoms with E-state index in [0.717, 1.165) is 51.0 Å². The minimum absolute atomic E-state index is 0.0282. The maximum Gasteiger partial charge on any atom is 0.188 e. The number of benzene rings is 1. The molecule has 0 bridgehead atoms. The molecule has 1 aromatic heterocycles. The Bertz CT molecular complexity index is 1220. The van der Waals surface area contributed by atoms with Gasteiger partial charge in [0.1, 0.15) is 6.54 Å².